The van der Waals surface area contributed by atoms with E-state index in [1.807, 2.05) is 24.3 Å². The van der Waals surface area contributed by atoms with Gasteiger partial charge in [-0.25, -0.2) is 0 Å². The summed E-state index contributed by atoms with van der Waals surface area (Å²) in [6.45, 7) is 4.38. The van der Waals surface area contributed by atoms with Gasteiger partial charge in [0, 0.05) is 22.3 Å². The highest BCUT2D eigenvalue weighted by molar-refractivity contribution is 5.48. The molecule has 0 aliphatic rings. The van der Waals surface area contributed by atoms with Crippen molar-refractivity contribution in [1.29, 1.82) is 0 Å². The van der Waals surface area contributed by atoms with Crippen LogP contribution in [0, 0.1) is 23.7 Å². The van der Waals surface area contributed by atoms with Gasteiger partial charge in [-0.2, -0.15) is 0 Å². The fraction of sp³-hybridized carbons (Fsp3) is 0.214. The van der Waals surface area contributed by atoms with Gasteiger partial charge in [0.05, 0.1) is 0 Å². The van der Waals surface area contributed by atoms with Crippen molar-refractivity contribution in [2.45, 2.75) is 39.5 Å². The second-order valence-electron chi connectivity index (χ2n) is 6.93. The van der Waals surface area contributed by atoms with Crippen molar-refractivity contribution in [1.82, 2.24) is 0 Å². The lowest BCUT2D eigenvalue weighted by molar-refractivity contribution is 0.795. The van der Waals surface area contributed by atoms with E-state index < -0.39 is 0 Å². The molecule has 0 bridgehead atoms. The molecule has 138 valence electrons. The van der Waals surface area contributed by atoms with E-state index in [4.69, 9.17) is 0 Å². The first-order chi connectivity index (χ1) is 13.8. The van der Waals surface area contributed by atoms with Crippen LogP contribution in [0.1, 0.15) is 60.1 Å². The van der Waals surface area contributed by atoms with Crippen molar-refractivity contribution in [2.24, 2.45) is 0 Å². The van der Waals surface area contributed by atoms with Crippen molar-refractivity contribution in [3.05, 3.63) is 106 Å². The molecule has 3 aromatic rings. The molecule has 0 unspecified atom stereocenters. The SMILES string of the molecule is CCCCc1ccc(C#Cc2ccc(C#Cc3ccc(CC)cc3)cc2)cc1. The highest BCUT2D eigenvalue weighted by atomic mass is 14.0. The highest BCUT2D eigenvalue weighted by Gasteiger charge is 1.94. The highest BCUT2D eigenvalue weighted by Crippen LogP contribution is 2.08. The Morgan fingerprint density at radius 3 is 1.21 bits per heavy atom. The Morgan fingerprint density at radius 1 is 0.500 bits per heavy atom. The van der Waals surface area contributed by atoms with Gasteiger partial charge in [0.2, 0.25) is 0 Å². The Kier molecular flexibility index (Phi) is 7.12. The van der Waals surface area contributed by atoms with Crippen LogP contribution < -0.4 is 0 Å². The quantitative estimate of drug-likeness (QED) is 0.472. The van der Waals surface area contributed by atoms with Crippen LogP contribution in [0.5, 0.6) is 0 Å². The number of unbranched alkanes of at least 4 members (excludes halogenated alkanes) is 1. The average Bonchev–Trinajstić information content (AvgIpc) is 2.76. The molecule has 0 amide bonds. The number of rotatable bonds is 4. The zero-order valence-corrected chi connectivity index (χ0v) is 16.8. The second-order valence-corrected chi connectivity index (χ2v) is 6.93. The fourth-order valence-corrected chi connectivity index (χ4v) is 2.88. The van der Waals surface area contributed by atoms with Crippen molar-refractivity contribution >= 4 is 0 Å². The Labute approximate surface area is 169 Å². The molecule has 0 aliphatic heterocycles. The molecule has 0 spiro atoms. The van der Waals surface area contributed by atoms with Gasteiger partial charge in [0.1, 0.15) is 0 Å². The van der Waals surface area contributed by atoms with Crippen LogP contribution in [-0.2, 0) is 12.8 Å². The minimum Gasteiger partial charge on any atom is -0.0654 e. The zero-order chi connectivity index (χ0) is 19.6. The molecule has 0 saturated carbocycles. The predicted octanol–water partition coefficient (Wildman–Crippen LogP) is 6.39. The van der Waals surface area contributed by atoms with Crippen LogP contribution in [0.2, 0.25) is 0 Å². The zero-order valence-electron chi connectivity index (χ0n) is 16.8. The van der Waals surface area contributed by atoms with E-state index in [-0.39, 0.29) is 0 Å². The van der Waals surface area contributed by atoms with Crippen LogP contribution >= 0.6 is 0 Å². The van der Waals surface area contributed by atoms with Crippen molar-refractivity contribution in [3.63, 3.8) is 0 Å². The fourth-order valence-electron chi connectivity index (χ4n) is 2.88. The van der Waals surface area contributed by atoms with E-state index >= 15 is 0 Å². The molecule has 0 saturated heterocycles. The largest absolute Gasteiger partial charge is 0.0654 e. The summed E-state index contributed by atoms with van der Waals surface area (Å²) in [7, 11) is 0. The first kappa shape index (κ1) is 19.5. The van der Waals surface area contributed by atoms with Gasteiger partial charge in [-0.05, 0) is 78.9 Å². The lowest BCUT2D eigenvalue weighted by Gasteiger charge is -1.99. The molecule has 0 fully saturated rings. The van der Waals surface area contributed by atoms with Gasteiger partial charge in [0.25, 0.3) is 0 Å². The Bertz CT molecular complexity index is 996. The van der Waals surface area contributed by atoms with Gasteiger partial charge in [-0.1, -0.05) is 68.2 Å². The minimum atomic E-state index is 1.00. The average molecular weight is 363 g/mol. The summed E-state index contributed by atoms with van der Waals surface area (Å²) in [5.41, 5.74) is 6.84. The third kappa shape index (κ3) is 5.90. The van der Waals surface area contributed by atoms with Crippen LogP contribution in [0.15, 0.2) is 72.8 Å². The van der Waals surface area contributed by atoms with Crippen LogP contribution in [0.3, 0.4) is 0 Å². The van der Waals surface area contributed by atoms with E-state index in [0.29, 0.717) is 0 Å². The molecule has 3 rings (SSSR count). The number of hydrogen-bond acceptors (Lipinski definition) is 0. The third-order valence-electron chi connectivity index (χ3n) is 4.72. The molecule has 3 aromatic carbocycles. The summed E-state index contributed by atoms with van der Waals surface area (Å²) < 4.78 is 0. The Morgan fingerprint density at radius 2 is 0.857 bits per heavy atom. The molecule has 0 atom stereocenters. The first-order valence-corrected chi connectivity index (χ1v) is 10.1. The van der Waals surface area contributed by atoms with Crippen LogP contribution in [0.4, 0.5) is 0 Å². The van der Waals surface area contributed by atoms with Crippen LogP contribution in [-0.4, -0.2) is 0 Å². The summed E-state index contributed by atoms with van der Waals surface area (Å²) in [6.07, 6.45) is 4.67. The summed E-state index contributed by atoms with van der Waals surface area (Å²) >= 11 is 0. The Hall–Kier alpha value is -3.22. The molecule has 0 aliphatic carbocycles. The van der Waals surface area contributed by atoms with E-state index in [1.54, 1.807) is 0 Å². The molecule has 0 radical (unpaired) electrons. The second kappa shape index (κ2) is 10.2. The van der Waals surface area contributed by atoms with E-state index in [9.17, 15) is 0 Å². The van der Waals surface area contributed by atoms with Crippen LogP contribution in [0.25, 0.3) is 0 Å². The molecule has 0 aromatic heterocycles. The van der Waals surface area contributed by atoms with E-state index in [2.05, 4.69) is 86.1 Å². The van der Waals surface area contributed by atoms with Gasteiger partial charge >= 0.3 is 0 Å². The topological polar surface area (TPSA) is 0 Å². The number of benzene rings is 3. The maximum atomic E-state index is 3.25. The van der Waals surface area contributed by atoms with Crippen molar-refractivity contribution in [3.8, 4) is 23.7 Å². The molecule has 0 nitrogen and oxygen atoms in total. The predicted molar refractivity (Wildman–Crippen MR) is 119 cm³/mol. The summed E-state index contributed by atoms with van der Waals surface area (Å²) in [6, 6.07) is 25.2. The first-order valence-electron chi connectivity index (χ1n) is 10.1. The van der Waals surface area contributed by atoms with Crippen molar-refractivity contribution in [2.75, 3.05) is 0 Å². The summed E-state index contributed by atoms with van der Waals surface area (Å²) in [4.78, 5) is 0. The third-order valence-corrected chi connectivity index (χ3v) is 4.72. The summed E-state index contributed by atoms with van der Waals surface area (Å²) in [5, 5.41) is 0. The maximum Gasteiger partial charge on any atom is 0.0249 e. The number of aryl methyl sites for hydroxylation is 2. The van der Waals surface area contributed by atoms with Gasteiger partial charge in [0.15, 0.2) is 0 Å². The summed E-state index contributed by atoms with van der Waals surface area (Å²) in [5.74, 6) is 12.9. The standard InChI is InChI=1S/C28H26/c1-3-5-6-24-11-13-26(14-12-24)17-18-28-21-19-27(20-22-28)16-15-25-9-7-23(4-2)8-10-25/h7-14,19-22H,3-6H2,1-2H3. The molecule has 0 heteroatoms. The van der Waals surface area contributed by atoms with Gasteiger partial charge < -0.3 is 0 Å². The number of hydrogen-bond donors (Lipinski definition) is 0. The molecule has 0 heterocycles. The normalized spacial score (nSPS) is 9.79. The molecular formula is C28H26. The lowest BCUT2D eigenvalue weighted by atomic mass is 10.1. The van der Waals surface area contributed by atoms with Gasteiger partial charge in [-0.3, -0.25) is 0 Å². The Balaban J connectivity index is 1.63. The minimum absolute atomic E-state index is 1.00. The smallest absolute Gasteiger partial charge is 0.0249 e. The van der Waals surface area contributed by atoms with Crippen molar-refractivity contribution < 1.29 is 0 Å². The monoisotopic (exact) mass is 362 g/mol. The molecular weight excluding hydrogens is 336 g/mol. The molecule has 0 N–H and O–H groups in total. The lowest BCUT2D eigenvalue weighted by Crippen LogP contribution is -1.84. The molecule has 28 heavy (non-hydrogen) atoms. The maximum absolute atomic E-state index is 3.25. The van der Waals surface area contributed by atoms with E-state index in [1.165, 1.54) is 24.0 Å². The van der Waals surface area contributed by atoms with E-state index in [0.717, 1.165) is 35.1 Å². The van der Waals surface area contributed by atoms with Gasteiger partial charge in [-0.15, -0.1) is 0 Å².